The number of rotatable bonds is 4. The number of hydrogen-bond donors (Lipinski definition) is 1. The van der Waals surface area contributed by atoms with Crippen LogP contribution in [0.4, 0.5) is 9.52 Å². The number of anilines is 1. The third-order valence-electron chi connectivity index (χ3n) is 3.08. The predicted molar refractivity (Wildman–Crippen MR) is 92.4 cm³/mol. The van der Waals surface area contributed by atoms with Gasteiger partial charge in [-0.15, -0.1) is 0 Å². The summed E-state index contributed by atoms with van der Waals surface area (Å²) in [4.78, 5) is 16.4. The highest BCUT2D eigenvalue weighted by Crippen LogP contribution is 2.26. The normalized spacial score (nSPS) is 12.1. The fourth-order valence-electron chi connectivity index (χ4n) is 1.93. The first-order valence-corrected chi connectivity index (χ1v) is 8.41. The second-order valence-corrected chi connectivity index (χ2v) is 6.78. The molecule has 7 heteroatoms. The molecular formula is C16H12BrFN2O2S. The predicted octanol–water partition coefficient (Wildman–Crippen LogP) is 4.60. The summed E-state index contributed by atoms with van der Waals surface area (Å²) in [6.45, 7) is 1.66. The molecule has 1 aromatic heterocycles. The number of amides is 1. The van der Waals surface area contributed by atoms with E-state index in [0.717, 1.165) is 4.47 Å². The number of ether oxygens (including phenoxy) is 1. The van der Waals surface area contributed by atoms with Gasteiger partial charge in [0, 0.05) is 4.47 Å². The van der Waals surface area contributed by atoms with Crippen LogP contribution >= 0.6 is 27.3 Å². The van der Waals surface area contributed by atoms with E-state index in [9.17, 15) is 9.18 Å². The molecule has 1 unspecified atom stereocenters. The number of nitrogens with zero attached hydrogens (tertiary/aromatic N) is 1. The highest BCUT2D eigenvalue weighted by molar-refractivity contribution is 9.10. The molecule has 0 aliphatic heterocycles. The van der Waals surface area contributed by atoms with Crippen LogP contribution in [0.3, 0.4) is 0 Å². The Morgan fingerprint density at radius 2 is 2.04 bits per heavy atom. The summed E-state index contributed by atoms with van der Waals surface area (Å²) in [5, 5.41) is 3.11. The molecule has 1 heterocycles. The number of nitrogens with one attached hydrogen (secondary N) is 1. The molecule has 1 amide bonds. The Labute approximate surface area is 144 Å². The third kappa shape index (κ3) is 3.86. The second kappa shape index (κ2) is 6.64. The molecule has 1 atom stereocenters. The highest BCUT2D eigenvalue weighted by atomic mass is 79.9. The molecule has 4 nitrogen and oxygen atoms in total. The fourth-order valence-corrected chi connectivity index (χ4v) is 3.09. The zero-order chi connectivity index (χ0) is 16.4. The monoisotopic (exact) mass is 394 g/mol. The standard InChI is InChI=1S/C16H12BrFN2O2S/c1-9(22-12-5-2-10(17)3-6-12)15(21)20-16-19-13-7-4-11(18)8-14(13)23-16/h2-9H,1H3,(H,19,20,21). The lowest BCUT2D eigenvalue weighted by molar-refractivity contribution is -0.122. The van der Waals surface area contributed by atoms with Crippen molar-refractivity contribution in [3.05, 3.63) is 52.8 Å². The van der Waals surface area contributed by atoms with E-state index < -0.39 is 6.10 Å². The van der Waals surface area contributed by atoms with Crippen LogP contribution in [0, 0.1) is 5.82 Å². The Balaban J connectivity index is 1.68. The average Bonchev–Trinajstić information content (AvgIpc) is 2.90. The Morgan fingerprint density at radius 3 is 2.78 bits per heavy atom. The van der Waals surface area contributed by atoms with Crippen molar-refractivity contribution in [3.63, 3.8) is 0 Å². The molecule has 0 fully saturated rings. The number of fused-ring (bicyclic) bond motifs is 1. The first-order chi connectivity index (χ1) is 11.0. The zero-order valence-corrected chi connectivity index (χ0v) is 14.4. The molecule has 0 saturated carbocycles. The molecule has 0 aliphatic rings. The van der Waals surface area contributed by atoms with Crippen LogP contribution in [-0.4, -0.2) is 17.0 Å². The molecule has 23 heavy (non-hydrogen) atoms. The van der Waals surface area contributed by atoms with Crippen LogP contribution in [0.25, 0.3) is 10.2 Å². The van der Waals surface area contributed by atoms with E-state index in [-0.39, 0.29) is 11.7 Å². The lowest BCUT2D eigenvalue weighted by atomic mass is 10.3. The quantitative estimate of drug-likeness (QED) is 0.702. The summed E-state index contributed by atoms with van der Waals surface area (Å²) in [5.74, 6) is -0.0411. The van der Waals surface area contributed by atoms with Crippen molar-refractivity contribution >= 4 is 48.5 Å². The number of carbonyl (C=O) groups is 1. The van der Waals surface area contributed by atoms with Gasteiger partial charge in [0.25, 0.3) is 5.91 Å². The largest absolute Gasteiger partial charge is 0.481 e. The van der Waals surface area contributed by atoms with Gasteiger partial charge in [-0.2, -0.15) is 0 Å². The molecule has 118 valence electrons. The molecule has 0 aliphatic carbocycles. The van der Waals surface area contributed by atoms with E-state index in [1.54, 1.807) is 25.1 Å². The maximum absolute atomic E-state index is 13.2. The fraction of sp³-hybridized carbons (Fsp3) is 0.125. The van der Waals surface area contributed by atoms with E-state index >= 15 is 0 Å². The molecular weight excluding hydrogens is 383 g/mol. The molecule has 0 radical (unpaired) electrons. The van der Waals surface area contributed by atoms with Crippen molar-refractivity contribution in [3.8, 4) is 5.75 Å². The minimum Gasteiger partial charge on any atom is -0.481 e. The third-order valence-corrected chi connectivity index (χ3v) is 4.54. The minimum absolute atomic E-state index is 0.313. The van der Waals surface area contributed by atoms with Crippen molar-refractivity contribution in [1.29, 1.82) is 0 Å². The van der Waals surface area contributed by atoms with Crippen LogP contribution in [0.5, 0.6) is 5.75 Å². The van der Waals surface area contributed by atoms with E-state index in [0.29, 0.717) is 21.1 Å². The summed E-state index contributed by atoms with van der Waals surface area (Å²) in [5.41, 5.74) is 0.646. The van der Waals surface area contributed by atoms with E-state index in [4.69, 9.17) is 4.74 Å². The van der Waals surface area contributed by atoms with E-state index in [2.05, 4.69) is 26.2 Å². The van der Waals surface area contributed by atoms with Gasteiger partial charge < -0.3 is 4.74 Å². The smallest absolute Gasteiger partial charge is 0.266 e. The molecule has 1 N–H and O–H groups in total. The molecule has 0 saturated heterocycles. The summed E-state index contributed by atoms with van der Waals surface area (Å²) < 4.78 is 20.4. The highest BCUT2D eigenvalue weighted by Gasteiger charge is 2.17. The van der Waals surface area contributed by atoms with Gasteiger partial charge in [-0.1, -0.05) is 27.3 Å². The maximum atomic E-state index is 13.2. The van der Waals surface area contributed by atoms with Crippen LogP contribution in [0.15, 0.2) is 46.9 Å². The molecule has 0 bridgehead atoms. The molecule has 2 aromatic carbocycles. The van der Waals surface area contributed by atoms with E-state index in [1.165, 1.54) is 23.5 Å². The number of carbonyl (C=O) groups excluding carboxylic acids is 1. The average molecular weight is 395 g/mol. The van der Waals surface area contributed by atoms with Crippen molar-refractivity contribution in [2.75, 3.05) is 5.32 Å². The Kier molecular flexibility index (Phi) is 4.58. The van der Waals surface area contributed by atoms with Gasteiger partial charge in [0.15, 0.2) is 11.2 Å². The maximum Gasteiger partial charge on any atom is 0.266 e. The number of benzene rings is 2. The van der Waals surface area contributed by atoms with Gasteiger partial charge in [-0.3, -0.25) is 10.1 Å². The Morgan fingerprint density at radius 1 is 1.30 bits per heavy atom. The van der Waals surface area contributed by atoms with Gasteiger partial charge in [0.05, 0.1) is 10.2 Å². The first kappa shape index (κ1) is 15.9. The lowest BCUT2D eigenvalue weighted by Gasteiger charge is -2.13. The summed E-state index contributed by atoms with van der Waals surface area (Å²) in [6, 6.07) is 11.5. The number of halogens is 2. The second-order valence-electron chi connectivity index (χ2n) is 4.83. The molecule has 3 rings (SSSR count). The van der Waals surface area contributed by atoms with Gasteiger partial charge in [0.2, 0.25) is 0 Å². The number of thiazole rings is 1. The topological polar surface area (TPSA) is 51.2 Å². The first-order valence-electron chi connectivity index (χ1n) is 6.80. The van der Waals surface area contributed by atoms with Crippen LogP contribution < -0.4 is 10.1 Å². The van der Waals surface area contributed by atoms with Gasteiger partial charge in [-0.25, -0.2) is 9.37 Å². The van der Waals surface area contributed by atoms with Crippen LogP contribution in [0.1, 0.15) is 6.92 Å². The number of aromatic nitrogens is 1. The van der Waals surface area contributed by atoms with Crippen molar-refractivity contribution in [2.24, 2.45) is 0 Å². The summed E-state index contributed by atoms with van der Waals surface area (Å²) in [7, 11) is 0. The van der Waals surface area contributed by atoms with Gasteiger partial charge >= 0.3 is 0 Å². The summed E-state index contributed by atoms with van der Waals surface area (Å²) >= 11 is 4.56. The Bertz CT molecular complexity index is 851. The molecule has 0 spiro atoms. The molecule has 3 aromatic rings. The van der Waals surface area contributed by atoms with Crippen molar-refractivity contribution in [1.82, 2.24) is 4.98 Å². The van der Waals surface area contributed by atoms with Crippen LogP contribution in [-0.2, 0) is 4.79 Å². The number of hydrogen-bond acceptors (Lipinski definition) is 4. The Hall–Kier alpha value is -1.99. The SMILES string of the molecule is CC(Oc1ccc(Br)cc1)C(=O)Nc1nc2ccc(F)cc2s1. The van der Waals surface area contributed by atoms with E-state index in [1.807, 2.05) is 12.1 Å². The summed E-state index contributed by atoms with van der Waals surface area (Å²) in [6.07, 6.45) is -0.681. The van der Waals surface area contributed by atoms with Crippen molar-refractivity contribution in [2.45, 2.75) is 13.0 Å². The zero-order valence-electron chi connectivity index (χ0n) is 12.0. The van der Waals surface area contributed by atoms with Crippen LogP contribution in [0.2, 0.25) is 0 Å². The minimum atomic E-state index is -0.681. The lowest BCUT2D eigenvalue weighted by Crippen LogP contribution is -2.30. The van der Waals surface area contributed by atoms with Crippen molar-refractivity contribution < 1.29 is 13.9 Å². The van der Waals surface area contributed by atoms with Gasteiger partial charge in [0.1, 0.15) is 11.6 Å². The van der Waals surface area contributed by atoms with Gasteiger partial charge in [-0.05, 0) is 49.4 Å².